The van der Waals surface area contributed by atoms with Gasteiger partial charge in [-0.3, -0.25) is 0 Å². The first-order valence-electron chi connectivity index (χ1n) is 5.81. The highest BCUT2D eigenvalue weighted by Crippen LogP contribution is 2.35. The molecule has 5 nitrogen and oxygen atoms in total. The number of halogens is 2. The summed E-state index contributed by atoms with van der Waals surface area (Å²) in [5.41, 5.74) is 0.371. The Balaban J connectivity index is 2.18. The summed E-state index contributed by atoms with van der Waals surface area (Å²) in [6.07, 6.45) is 0. The molecule has 1 heterocycles. The number of hydrogen-bond acceptors (Lipinski definition) is 3. The second-order valence-corrected chi connectivity index (χ2v) is 6.94. The molecule has 0 aromatic heterocycles. The average Bonchev–Trinajstić information content (AvgIpc) is 2.39. The lowest BCUT2D eigenvalue weighted by Gasteiger charge is -2.28. The van der Waals surface area contributed by atoms with Gasteiger partial charge in [-0.2, -0.15) is 4.31 Å². The minimum absolute atomic E-state index is 0.0125. The van der Waals surface area contributed by atoms with Gasteiger partial charge in [0.2, 0.25) is 0 Å². The van der Waals surface area contributed by atoms with E-state index in [1.165, 1.54) is 42.5 Å². The van der Waals surface area contributed by atoms with E-state index in [0.717, 1.165) is 0 Å². The summed E-state index contributed by atoms with van der Waals surface area (Å²) in [5, 5.41) is 3.29. The molecule has 0 spiro atoms. The van der Waals surface area contributed by atoms with Crippen molar-refractivity contribution in [2.45, 2.75) is 4.90 Å². The van der Waals surface area contributed by atoms with Crippen LogP contribution in [-0.2, 0) is 10.0 Å². The van der Waals surface area contributed by atoms with Crippen LogP contribution in [0.2, 0.25) is 10.0 Å². The molecule has 0 saturated heterocycles. The molecule has 3 rings (SSSR count). The molecule has 0 saturated carbocycles. The standard InChI is InChI=1S/C13H8Cl2N2O3S/c14-8-1-4-10(5-2-8)17-13(18)16-11-7-9(15)3-6-12(11)21(17,19)20/h1-7H,(H,16,18). The van der Waals surface area contributed by atoms with Gasteiger partial charge in [0, 0.05) is 10.0 Å². The minimum atomic E-state index is -4.00. The summed E-state index contributed by atoms with van der Waals surface area (Å²) in [6, 6.07) is 9.37. The fourth-order valence-electron chi connectivity index (χ4n) is 2.03. The number of fused-ring (bicyclic) bond motifs is 1. The SMILES string of the molecule is O=C1Nc2cc(Cl)ccc2S(=O)(=O)N1c1ccc(Cl)cc1. The Morgan fingerprint density at radius 1 is 0.952 bits per heavy atom. The Morgan fingerprint density at radius 3 is 2.24 bits per heavy atom. The van der Waals surface area contributed by atoms with Crippen LogP contribution in [0.25, 0.3) is 0 Å². The number of anilines is 2. The molecule has 0 bridgehead atoms. The largest absolute Gasteiger partial charge is 0.340 e. The fraction of sp³-hybridized carbons (Fsp3) is 0. The van der Waals surface area contributed by atoms with Crippen molar-refractivity contribution >= 4 is 50.6 Å². The maximum atomic E-state index is 12.6. The molecule has 0 radical (unpaired) electrons. The number of hydrogen-bond donors (Lipinski definition) is 1. The third kappa shape index (κ3) is 2.35. The van der Waals surface area contributed by atoms with E-state index in [1.54, 1.807) is 0 Å². The van der Waals surface area contributed by atoms with Gasteiger partial charge >= 0.3 is 6.03 Å². The smallest absolute Gasteiger partial charge is 0.305 e. The van der Waals surface area contributed by atoms with Crippen molar-refractivity contribution in [1.29, 1.82) is 0 Å². The Kier molecular flexibility index (Phi) is 3.32. The van der Waals surface area contributed by atoms with Crippen LogP contribution in [-0.4, -0.2) is 14.4 Å². The topological polar surface area (TPSA) is 66.5 Å². The van der Waals surface area contributed by atoms with Gasteiger partial charge in [0.1, 0.15) is 4.90 Å². The Hall–Kier alpha value is -1.76. The first-order chi connectivity index (χ1) is 9.89. The first kappa shape index (κ1) is 14.2. The molecule has 1 aliphatic heterocycles. The third-order valence-corrected chi connectivity index (χ3v) is 5.20. The van der Waals surface area contributed by atoms with Gasteiger partial charge in [0.05, 0.1) is 11.4 Å². The zero-order chi connectivity index (χ0) is 15.2. The fourth-order valence-corrected chi connectivity index (χ4v) is 3.82. The van der Waals surface area contributed by atoms with Gasteiger partial charge in [-0.15, -0.1) is 0 Å². The van der Waals surface area contributed by atoms with Crippen molar-refractivity contribution in [3.63, 3.8) is 0 Å². The van der Waals surface area contributed by atoms with E-state index >= 15 is 0 Å². The van der Waals surface area contributed by atoms with Crippen LogP contribution < -0.4 is 9.62 Å². The summed E-state index contributed by atoms with van der Waals surface area (Å²) in [7, 11) is -4.00. The highest BCUT2D eigenvalue weighted by atomic mass is 35.5. The quantitative estimate of drug-likeness (QED) is 0.858. The van der Waals surface area contributed by atoms with Gasteiger partial charge in [0.25, 0.3) is 10.0 Å². The molecule has 1 aliphatic rings. The van der Waals surface area contributed by atoms with Crippen molar-refractivity contribution in [3.8, 4) is 0 Å². The summed E-state index contributed by atoms with van der Waals surface area (Å²) in [4.78, 5) is 12.1. The number of carbonyl (C=O) groups excluding carboxylic acids is 1. The normalized spacial score (nSPS) is 16.3. The highest BCUT2D eigenvalue weighted by molar-refractivity contribution is 7.94. The van der Waals surface area contributed by atoms with Gasteiger partial charge in [-0.1, -0.05) is 23.2 Å². The number of amides is 2. The summed E-state index contributed by atoms with van der Waals surface area (Å²) >= 11 is 11.6. The van der Waals surface area contributed by atoms with Crippen LogP contribution in [0, 0.1) is 0 Å². The average molecular weight is 343 g/mol. The minimum Gasteiger partial charge on any atom is -0.305 e. The Bertz CT molecular complexity index is 835. The number of sulfonamides is 1. The van der Waals surface area contributed by atoms with Gasteiger partial charge < -0.3 is 5.32 Å². The zero-order valence-electron chi connectivity index (χ0n) is 10.4. The maximum absolute atomic E-state index is 12.6. The van der Waals surface area contributed by atoms with Crippen molar-refractivity contribution in [2.75, 3.05) is 9.62 Å². The molecule has 2 aromatic rings. The molecule has 21 heavy (non-hydrogen) atoms. The van der Waals surface area contributed by atoms with E-state index in [2.05, 4.69) is 5.32 Å². The van der Waals surface area contributed by atoms with Crippen LogP contribution in [0.15, 0.2) is 47.4 Å². The molecule has 1 N–H and O–H groups in total. The number of benzene rings is 2. The second-order valence-electron chi connectivity index (χ2n) is 4.32. The lowest BCUT2D eigenvalue weighted by Crippen LogP contribution is -2.44. The molecular weight excluding hydrogens is 335 g/mol. The van der Waals surface area contributed by atoms with E-state index in [0.29, 0.717) is 14.4 Å². The van der Waals surface area contributed by atoms with E-state index in [-0.39, 0.29) is 16.3 Å². The predicted octanol–water partition coefficient (Wildman–Crippen LogP) is 3.73. The highest BCUT2D eigenvalue weighted by Gasteiger charge is 2.37. The number of rotatable bonds is 1. The number of nitrogens with zero attached hydrogens (tertiary/aromatic N) is 1. The molecule has 2 amide bonds. The summed E-state index contributed by atoms with van der Waals surface area (Å²) < 4.78 is 25.9. The van der Waals surface area contributed by atoms with Crippen LogP contribution in [0.3, 0.4) is 0 Å². The molecule has 0 unspecified atom stereocenters. The Labute approximate surface area is 131 Å². The number of urea groups is 1. The summed E-state index contributed by atoms with van der Waals surface area (Å²) in [5.74, 6) is 0. The van der Waals surface area contributed by atoms with Crippen LogP contribution in [0.4, 0.5) is 16.2 Å². The predicted molar refractivity (Wildman–Crippen MR) is 81.6 cm³/mol. The van der Waals surface area contributed by atoms with Gasteiger partial charge in [-0.25, -0.2) is 13.2 Å². The zero-order valence-corrected chi connectivity index (χ0v) is 12.7. The lowest BCUT2D eigenvalue weighted by atomic mass is 10.3. The molecule has 8 heteroatoms. The third-order valence-electron chi connectivity index (χ3n) is 2.95. The first-order valence-corrected chi connectivity index (χ1v) is 8.00. The molecule has 108 valence electrons. The van der Waals surface area contributed by atoms with Gasteiger partial charge in [0.15, 0.2) is 0 Å². The van der Waals surface area contributed by atoms with Crippen molar-refractivity contribution < 1.29 is 13.2 Å². The monoisotopic (exact) mass is 342 g/mol. The van der Waals surface area contributed by atoms with Crippen molar-refractivity contribution in [3.05, 3.63) is 52.5 Å². The second kappa shape index (κ2) is 4.91. The van der Waals surface area contributed by atoms with E-state index in [4.69, 9.17) is 23.2 Å². The van der Waals surface area contributed by atoms with Crippen LogP contribution in [0.5, 0.6) is 0 Å². The van der Waals surface area contributed by atoms with E-state index < -0.39 is 16.1 Å². The molecule has 0 atom stereocenters. The number of nitrogens with one attached hydrogen (secondary N) is 1. The Morgan fingerprint density at radius 2 is 1.57 bits per heavy atom. The maximum Gasteiger partial charge on any atom is 0.340 e. The number of carbonyl (C=O) groups is 1. The van der Waals surface area contributed by atoms with Crippen molar-refractivity contribution in [1.82, 2.24) is 0 Å². The van der Waals surface area contributed by atoms with Gasteiger partial charge in [-0.05, 0) is 42.5 Å². The molecule has 0 aliphatic carbocycles. The van der Waals surface area contributed by atoms with E-state index in [9.17, 15) is 13.2 Å². The van der Waals surface area contributed by atoms with Crippen molar-refractivity contribution in [2.24, 2.45) is 0 Å². The lowest BCUT2D eigenvalue weighted by molar-refractivity contribution is 0.259. The van der Waals surface area contributed by atoms with Crippen LogP contribution in [0.1, 0.15) is 0 Å². The molecule has 2 aromatic carbocycles. The van der Waals surface area contributed by atoms with E-state index in [1.807, 2.05) is 0 Å². The van der Waals surface area contributed by atoms with Crippen LogP contribution >= 0.6 is 23.2 Å². The molecular formula is C13H8Cl2N2O3S. The molecule has 0 fully saturated rings. The summed E-state index contributed by atoms with van der Waals surface area (Å²) in [6.45, 7) is 0.